The van der Waals surface area contributed by atoms with Gasteiger partial charge in [0, 0.05) is 29.6 Å². The van der Waals surface area contributed by atoms with Crippen LogP contribution in [0.1, 0.15) is 15.9 Å². The Morgan fingerprint density at radius 2 is 1.94 bits per heavy atom. The molecule has 0 bridgehead atoms. The van der Waals surface area contributed by atoms with Crippen LogP contribution in [0.4, 0.5) is 5.82 Å². The van der Waals surface area contributed by atoms with E-state index in [4.69, 9.17) is 4.98 Å². The number of amides is 1. The number of hydrogen-bond donors (Lipinski definition) is 1. The number of nitrogens with zero attached hydrogens (tertiary/aromatic N) is 5. The lowest BCUT2D eigenvalue weighted by molar-refractivity contribution is -0.605. The minimum Gasteiger partial charge on any atom is -0.619 e. The van der Waals surface area contributed by atoms with Crippen LogP contribution in [-0.4, -0.2) is 25.5 Å². The highest BCUT2D eigenvalue weighted by Crippen LogP contribution is 2.33. The molecule has 32 heavy (non-hydrogen) atoms. The Balaban J connectivity index is 1.59. The van der Waals surface area contributed by atoms with E-state index in [0.29, 0.717) is 16.2 Å². The third-order valence-corrected chi connectivity index (χ3v) is 5.00. The summed E-state index contributed by atoms with van der Waals surface area (Å²) < 4.78 is 2.35. The monoisotopic (exact) mass is 422 g/mol. The molecule has 156 valence electrons. The van der Waals surface area contributed by atoms with Crippen molar-refractivity contribution in [1.29, 1.82) is 0 Å². The molecule has 0 unspecified atom stereocenters. The first-order chi connectivity index (χ1) is 15.6. The molecule has 5 aromatic rings. The predicted octanol–water partition coefficient (Wildman–Crippen LogP) is 3.65. The van der Waals surface area contributed by atoms with Gasteiger partial charge in [-0.25, -0.2) is 14.5 Å². The minimum atomic E-state index is -0.421. The van der Waals surface area contributed by atoms with Crippen molar-refractivity contribution in [3.8, 4) is 22.5 Å². The van der Waals surface area contributed by atoms with Gasteiger partial charge in [0.05, 0.1) is 5.69 Å². The van der Waals surface area contributed by atoms with Gasteiger partial charge in [0.25, 0.3) is 5.91 Å². The fourth-order valence-corrected chi connectivity index (χ4v) is 3.57. The zero-order chi connectivity index (χ0) is 22.1. The number of carbonyl (C=O) groups is 1. The van der Waals surface area contributed by atoms with Crippen LogP contribution < -0.4 is 10.0 Å². The van der Waals surface area contributed by atoms with Gasteiger partial charge in [-0.3, -0.25) is 4.79 Å². The maximum absolute atomic E-state index is 12.6. The molecule has 1 aromatic carbocycles. The zero-order valence-corrected chi connectivity index (χ0v) is 17.1. The lowest BCUT2D eigenvalue weighted by Crippen LogP contribution is -2.27. The average molecular weight is 422 g/mol. The zero-order valence-electron chi connectivity index (χ0n) is 17.1. The van der Waals surface area contributed by atoms with Gasteiger partial charge in [0.1, 0.15) is 17.1 Å². The summed E-state index contributed by atoms with van der Waals surface area (Å²) in [5.74, 6) is -0.0649. The number of aromatic nitrogens is 5. The maximum atomic E-state index is 12.6. The van der Waals surface area contributed by atoms with Gasteiger partial charge in [-0.2, -0.15) is 9.83 Å². The quantitative estimate of drug-likeness (QED) is 0.352. The molecule has 8 nitrogen and oxygen atoms in total. The first-order valence-electron chi connectivity index (χ1n) is 9.96. The minimum absolute atomic E-state index is 0.242. The predicted molar refractivity (Wildman–Crippen MR) is 120 cm³/mol. The highest BCUT2D eigenvalue weighted by atomic mass is 16.5. The van der Waals surface area contributed by atoms with Crippen molar-refractivity contribution in [1.82, 2.24) is 19.6 Å². The van der Waals surface area contributed by atoms with E-state index in [-0.39, 0.29) is 5.56 Å². The van der Waals surface area contributed by atoms with E-state index >= 15 is 0 Å². The molecule has 0 radical (unpaired) electrons. The smallest absolute Gasteiger partial charge is 0.262 e. The second-order valence-corrected chi connectivity index (χ2v) is 7.31. The van der Waals surface area contributed by atoms with Crippen molar-refractivity contribution >= 4 is 17.4 Å². The van der Waals surface area contributed by atoms with E-state index in [9.17, 15) is 10.0 Å². The highest BCUT2D eigenvalue weighted by molar-refractivity contribution is 6.03. The number of carbonyl (C=O) groups excluding carboxylic acids is 1. The summed E-state index contributed by atoms with van der Waals surface area (Å²) in [6.07, 6.45) is 5.85. The second-order valence-electron chi connectivity index (χ2n) is 7.31. The first kappa shape index (κ1) is 19.4. The summed E-state index contributed by atoms with van der Waals surface area (Å²) in [6.45, 7) is 2.03. The first-order valence-corrected chi connectivity index (χ1v) is 9.96. The molecule has 1 N–H and O–H groups in total. The van der Waals surface area contributed by atoms with Crippen LogP contribution in [0.5, 0.6) is 0 Å². The van der Waals surface area contributed by atoms with E-state index in [1.165, 1.54) is 18.5 Å². The largest absolute Gasteiger partial charge is 0.619 e. The van der Waals surface area contributed by atoms with Crippen molar-refractivity contribution in [2.75, 3.05) is 5.32 Å². The molecule has 0 saturated carbocycles. The van der Waals surface area contributed by atoms with E-state index in [1.54, 1.807) is 29.0 Å². The fraction of sp³-hybridized carbons (Fsp3) is 0.0417. The Morgan fingerprint density at radius 1 is 1.03 bits per heavy atom. The Morgan fingerprint density at radius 3 is 2.78 bits per heavy atom. The highest BCUT2D eigenvalue weighted by Gasteiger charge is 2.18. The summed E-state index contributed by atoms with van der Waals surface area (Å²) in [5.41, 5.74) is 5.42. The average Bonchev–Trinajstić information content (AvgIpc) is 3.19. The van der Waals surface area contributed by atoms with Crippen molar-refractivity contribution in [2.24, 2.45) is 0 Å². The van der Waals surface area contributed by atoms with Crippen LogP contribution in [0.15, 0.2) is 85.5 Å². The standard InChI is InChI=1S/C24H18N6O2/c1-16-5-2-6-17(13-16)22-23(30-21(28-22)8-3-10-26-30)18-9-11-25-20(14-18)27-24(31)19-7-4-12-29(32)15-19/h2-15H,1H3,(H,25,27,31). The van der Waals surface area contributed by atoms with Crippen molar-refractivity contribution in [3.05, 3.63) is 102 Å². The number of aryl methyl sites for hydroxylation is 1. The SMILES string of the molecule is Cc1cccc(-c2nc3cccnn3c2-c2ccnc(NC(=O)c3ccc[n+]([O-])c3)c2)c1. The number of pyridine rings is 2. The molecule has 4 aromatic heterocycles. The summed E-state index contributed by atoms with van der Waals surface area (Å²) >= 11 is 0. The molecule has 4 heterocycles. The van der Waals surface area contributed by atoms with E-state index in [0.717, 1.165) is 28.1 Å². The Labute approximate surface area is 183 Å². The van der Waals surface area contributed by atoms with Crippen LogP contribution >= 0.6 is 0 Å². The normalized spacial score (nSPS) is 10.9. The molecule has 0 aliphatic heterocycles. The van der Waals surface area contributed by atoms with Gasteiger partial charge in [-0.05, 0) is 43.3 Å². The summed E-state index contributed by atoms with van der Waals surface area (Å²) in [5, 5.41) is 18.7. The number of rotatable bonds is 4. The summed E-state index contributed by atoms with van der Waals surface area (Å²) in [6, 6.07) is 18.5. The molecule has 0 fully saturated rings. The third-order valence-electron chi connectivity index (χ3n) is 5.00. The van der Waals surface area contributed by atoms with Gasteiger partial charge < -0.3 is 10.5 Å². The number of imidazole rings is 1. The van der Waals surface area contributed by atoms with E-state index in [1.807, 2.05) is 43.3 Å². The Kier molecular flexibility index (Phi) is 4.79. The van der Waals surface area contributed by atoms with Crippen LogP contribution in [0.3, 0.4) is 0 Å². The number of fused-ring (bicyclic) bond motifs is 1. The molecule has 0 aliphatic rings. The van der Waals surface area contributed by atoms with Crippen LogP contribution in [-0.2, 0) is 0 Å². The Bertz CT molecular complexity index is 1460. The van der Waals surface area contributed by atoms with Gasteiger partial charge in [0.2, 0.25) is 0 Å². The summed E-state index contributed by atoms with van der Waals surface area (Å²) in [4.78, 5) is 21.6. The van der Waals surface area contributed by atoms with E-state index in [2.05, 4.69) is 21.5 Å². The lowest BCUT2D eigenvalue weighted by atomic mass is 10.0. The topological polar surface area (TPSA) is 99.1 Å². The maximum Gasteiger partial charge on any atom is 0.262 e. The molecule has 0 atom stereocenters. The van der Waals surface area contributed by atoms with Crippen LogP contribution in [0.2, 0.25) is 0 Å². The van der Waals surface area contributed by atoms with Gasteiger partial charge >= 0.3 is 0 Å². The third kappa shape index (κ3) is 3.65. The van der Waals surface area contributed by atoms with Gasteiger partial charge in [-0.1, -0.05) is 23.8 Å². The van der Waals surface area contributed by atoms with Gasteiger partial charge in [0.15, 0.2) is 18.0 Å². The number of hydrogen-bond acceptors (Lipinski definition) is 5. The van der Waals surface area contributed by atoms with Crippen molar-refractivity contribution in [2.45, 2.75) is 6.92 Å². The number of nitrogens with one attached hydrogen (secondary N) is 1. The number of benzene rings is 1. The Hall–Kier alpha value is -4.59. The lowest BCUT2D eigenvalue weighted by Gasteiger charge is -2.08. The second kappa shape index (κ2) is 7.92. The molecule has 0 spiro atoms. The molecule has 0 saturated heterocycles. The molecule has 0 aliphatic carbocycles. The van der Waals surface area contributed by atoms with E-state index < -0.39 is 5.91 Å². The number of anilines is 1. The molecule has 1 amide bonds. The van der Waals surface area contributed by atoms with Crippen LogP contribution in [0, 0.1) is 12.1 Å². The fourth-order valence-electron chi connectivity index (χ4n) is 3.57. The molecule has 5 rings (SSSR count). The van der Waals surface area contributed by atoms with Crippen molar-refractivity contribution in [3.63, 3.8) is 0 Å². The summed E-state index contributed by atoms with van der Waals surface area (Å²) in [7, 11) is 0. The van der Waals surface area contributed by atoms with Crippen LogP contribution in [0.25, 0.3) is 28.2 Å². The molecular formula is C24H18N6O2. The molecular weight excluding hydrogens is 404 g/mol. The molecule has 8 heteroatoms. The van der Waals surface area contributed by atoms with Crippen molar-refractivity contribution < 1.29 is 9.52 Å². The van der Waals surface area contributed by atoms with Gasteiger partial charge in [-0.15, -0.1) is 0 Å².